The molecule has 3 saturated heterocycles. The molecule has 2 amide bonds. The third kappa shape index (κ3) is 5.02. The summed E-state index contributed by atoms with van der Waals surface area (Å²) < 4.78 is 44.3. The smallest absolute Gasteiger partial charge is 0.319 e. The number of hydrogen-bond acceptors (Lipinski definition) is 9. The van der Waals surface area contributed by atoms with Crippen molar-refractivity contribution in [2.24, 2.45) is 23.0 Å². The summed E-state index contributed by atoms with van der Waals surface area (Å²) >= 11 is 0. The number of pyridine rings is 1. The van der Waals surface area contributed by atoms with Crippen LogP contribution in [-0.4, -0.2) is 94.4 Å². The highest BCUT2D eigenvalue weighted by molar-refractivity contribution is 6.04. The Morgan fingerprint density at radius 1 is 1.08 bits per heavy atom. The fourth-order valence-corrected chi connectivity index (χ4v) is 8.75. The highest BCUT2D eigenvalue weighted by atomic mass is 19.1. The van der Waals surface area contributed by atoms with Crippen molar-refractivity contribution in [3.63, 3.8) is 0 Å². The minimum Gasteiger partial charge on any atom is -0.508 e. The molecular weight excluding hydrogens is 644 g/mol. The molecule has 0 spiro atoms. The van der Waals surface area contributed by atoms with E-state index < -0.39 is 17.7 Å². The van der Waals surface area contributed by atoms with Gasteiger partial charge < -0.3 is 35.0 Å². The lowest BCUT2D eigenvalue weighted by Gasteiger charge is -2.41. The molecular formula is C37H37F2N7O4. The van der Waals surface area contributed by atoms with E-state index in [-0.39, 0.29) is 68.2 Å². The van der Waals surface area contributed by atoms with Crippen LogP contribution in [0.15, 0.2) is 24.3 Å². The summed E-state index contributed by atoms with van der Waals surface area (Å²) in [5.74, 6) is 2.78. The van der Waals surface area contributed by atoms with Gasteiger partial charge in [-0.2, -0.15) is 9.97 Å². The van der Waals surface area contributed by atoms with E-state index in [9.17, 15) is 14.3 Å². The first kappa shape index (κ1) is 31.1. The van der Waals surface area contributed by atoms with Gasteiger partial charge in [0.25, 0.3) is 0 Å². The fraction of sp³-hybridized carbons (Fsp3) is 0.459. The lowest BCUT2D eigenvalue weighted by atomic mass is 9.95. The Hall–Kier alpha value is -4.96. The molecule has 4 aromatic rings. The van der Waals surface area contributed by atoms with Crippen molar-refractivity contribution in [2.75, 3.05) is 51.3 Å². The van der Waals surface area contributed by atoms with E-state index >= 15 is 4.39 Å². The van der Waals surface area contributed by atoms with Gasteiger partial charge >= 0.3 is 12.0 Å². The molecule has 9 rings (SSSR count). The molecule has 258 valence electrons. The first-order valence-corrected chi connectivity index (χ1v) is 17.2. The Labute approximate surface area is 287 Å². The van der Waals surface area contributed by atoms with Gasteiger partial charge in [-0.15, -0.1) is 6.42 Å². The van der Waals surface area contributed by atoms with Crippen LogP contribution in [0.1, 0.15) is 37.7 Å². The zero-order chi connectivity index (χ0) is 34.5. The number of carbonyl (C=O) groups is 1. The Morgan fingerprint density at radius 2 is 1.82 bits per heavy atom. The quantitative estimate of drug-likeness (QED) is 0.255. The largest absolute Gasteiger partial charge is 0.508 e. The number of primary amides is 1. The Morgan fingerprint density at radius 3 is 2.48 bits per heavy atom. The van der Waals surface area contributed by atoms with E-state index in [1.807, 2.05) is 4.90 Å². The number of fused-ring (bicyclic) bond motifs is 5. The number of carbonyl (C=O) groups excluding carboxylic acids is 1. The third-order valence-electron chi connectivity index (χ3n) is 11.5. The van der Waals surface area contributed by atoms with Crippen molar-refractivity contribution in [1.82, 2.24) is 24.8 Å². The van der Waals surface area contributed by atoms with Crippen LogP contribution in [0.4, 0.5) is 19.4 Å². The highest BCUT2D eigenvalue weighted by Crippen LogP contribution is 2.51. The number of anilines is 1. The number of nitrogens with two attached hydrogens (primary N) is 1. The number of rotatable bonds is 8. The number of piperazine rings is 1. The van der Waals surface area contributed by atoms with Gasteiger partial charge in [0.05, 0.1) is 31.4 Å². The van der Waals surface area contributed by atoms with E-state index in [0.29, 0.717) is 30.9 Å². The number of aromatic hydroxyl groups is 1. The predicted octanol–water partition coefficient (Wildman–Crippen LogP) is 4.66. The number of phenols is 1. The molecule has 5 heterocycles. The molecule has 2 bridgehead atoms. The van der Waals surface area contributed by atoms with Gasteiger partial charge in [-0.3, -0.25) is 0 Å². The number of phenolic OH excluding ortho intramolecular Hbond substituents is 1. The number of amides is 2. The van der Waals surface area contributed by atoms with Gasteiger partial charge in [0, 0.05) is 49.1 Å². The maximum Gasteiger partial charge on any atom is 0.319 e. The number of piperidine rings is 1. The van der Waals surface area contributed by atoms with Gasteiger partial charge in [0.15, 0.2) is 5.82 Å². The summed E-state index contributed by atoms with van der Waals surface area (Å²) in [6.07, 6.45) is 10.7. The number of methoxy groups -OCH3 is 1. The molecule has 3 N–H and O–H groups in total. The molecule has 0 radical (unpaired) electrons. The van der Waals surface area contributed by atoms with E-state index in [0.717, 1.165) is 57.2 Å². The van der Waals surface area contributed by atoms with Gasteiger partial charge in [-0.25, -0.2) is 18.6 Å². The van der Waals surface area contributed by atoms with E-state index in [4.69, 9.17) is 26.6 Å². The summed E-state index contributed by atoms with van der Waals surface area (Å²) in [4.78, 5) is 32.7. The van der Waals surface area contributed by atoms with E-state index in [1.54, 1.807) is 4.90 Å². The van der Waals surface area contributed by atoms with Gasteiger partial charge in [-0.1, -0.05) is 12.0 Å². The Balaban J connectivity index is 1.17. The second kappa shape index (κ2) is 11.3. The average Bonchev–Trinajstić information content (AvgIpc) is 3.98. The van der Waals surface area contributed by atoms with Crippen molar-refractivity contribution < 1.29 is 28.2 Å². The van der Waals surface area contributed by atoms with E-state index in [1.165, 1.54) is 37.8 Å². The number of likely N-dealkylation sites (tertiary alicyclic amines) is 1. The fourth-order valence-electron chi connectivity index (χ4n) is 8.75. The minimum atomic E-state index is -0.829. The zero-order valence-electron chi connectivity index (χ0n) is 27.7. The Bertz CT molecular complexity index is 2110. The SMILES string of the molecule is C#Cc1c(F)ccc2cc(O)cc(-c3nc(OC)c4c(N5CC6CCC(C5)N6C(N)=O)nc(OCC5(CN6CC7CC7C6)CC5)nc4c3F)c12. The number of aromatic nitrogens is 3. The third-order valence-corrected chi connectivity index (χ3v) is 11.5. The second-order valence-corrected chi connectivity index (χ2v) is 14.8. The molecule has 2 aromatic heterocycles. The summed E-state index contributed by atoms with van der Waals surface area (Å²) in [5.41, 5.74) is 5.42. The number of hydrogen-bond donors (Lipinski definition) is 2. The monoisotopic (exact) mass is 681 g/mol. The van der Waals surface area contributed by atoms with Crippen molar-refractivity contribution in [3.8, 4) is 41.2 Å². The molecule has 2 aliphatic carbocycles. The molecule has 3 aliphatic heterocycles. The topological polar surface area (TPSA) is 130 Å². The first-order chi connectivity index (χ1) is 24.1. The average molecular weight is 682 g/mol. The van der Waals surface area contributed by atoms with Crippen LogP contribution in [0, 0.1) is 41.2 Å². The molecule has 13 heteroatoms. The molecule has 11 nitrogen and oxygen atoms in total. The van der Waals surface area contributed by atoms with Crippen LogP contribution in [0.5, 0.6) is 17.6 Å². The van der Waals surface area contributed by atoms with Crippen LogP contribution in [0.3, 0.4) is 0 Å². The number of terminal acetylenes is 1. The van der Waals surface area contributed by atoms with Crippen LogP contribution < -0.4 is 20.1 Å². The lowest BCUT2D eigenvalue weighted by Crippen LogP contribution is -2.57. The van der Waals surface area contributed by atoms with Crippen LogP contribution in [0.2, 0.25) is 0 Å². The molecule has 2 saturated carbocycles. The molecule has 5 fully saturated rings. The number of nitrogens with zero attached hydrogens (tertiary/aromatic N) is 6. The Kier molecular flexibility index (Phi) is 7.01. The van der Waals surface area contributed by atoms with Crippen LogP contribution >= 0.6 is 0 Å². The maximum absolute atomic E-state index is 17.1. The molecule has 50 heavy (non-hydrogen) atoms. The van der Waals surface area contributed by atoms with Crippen LogP contribution in [0.25, 0.3) is 32.9 Å². The van der Waals surface area contributed by atoms with Gasteiger partial charge in [0.1, 0.15) is 34.0 Å². The van der Waals surface area contributed by atoms with Crippen molar-refractivity contribution in [2.45, 2.75) is 44.2 Å². The van der Waals surface area contributed by atoms with Gasteiger partial charge in [0.2, 0.25) is 5.88 Å². The minimum absolute atomic E-state index is 0.00268. The molecule has 2 aromatic carbocycles. The molecule has 5 aliphatic rings. The van der Waals surface area contributed by atoms with Crippen LogP contribution in [-0.2, 0) is 0 Å². The summed E-state index contributed by atoms with van der Waals surface area (Å²) in [5, 5.41) is 11.5. The van der Waals surface area contributed by atoms with Crippen molar-refractivity contribution in [1.29, 1.82) is 0 Å². The zero-order valence-corrected chi connectivity index (χ0v) is 27.7. The lowest BCUT2D eigenvalue weighted by molar-refractivity contribution is 0.162. The summed E-state index contributed by atoms with van der Waals surface area (Å²) in [6.45, 7) is 4.45. The maximum atomic E-state index is 17.1. The summed E-state index contributed by atoms with van der Waals surface area (Å²) in [6, 6.07) is 4.69. The number of ether oxygens (including phenoxy) is 2. The molecule has 4 atom stereocenters. The second-order valence-electron chi connectivity index (χ2n) is 14.8. The summed E-state index contributed by atoms with van der Waals surface area (Å²) in [7, 11) is 1.42. The van der Waals surface area contributed by atoms with Crippen molar-refractivity contribution in [3.05, 3.63) is 41.5 Å². The molecule has 4 unspecified atom stereocenters. The standard InChI is InChI=1S/C37H37F2N7O4/c1-3-25-27(38)7-4-19-11-24(47)12-26(28(19)25)31-30(39)32-29(34(41-31)49-2)33(45-15-22-5-6-23(16-45)46(22)35(40)48)43-36(42-32)50-18-37(8-9-37)17-44-13-20-10-21(20)14-44/h1,4,7,11-12,20-23,47H,5-6,8-10,13-18H2,2H3,(H2,40,48). The van der Waals surface area contributed by atoms with Gasteiger partial charge in [-0.05, 0) is 67.5 Å². The number of halogens is 2. The highest BCUT2D eigenvalue weighted by Gasteiger charge is 2.51. The normalized spacial score (nSPS) is 24.8. The first-order valence-electron chi connectivity index (χ1n) is 17.2. The number of benzene rings is 2. The number of urea groups is 1. The predicted molar refractivity (Wildman–Crippen MR) is 182 cm³/mol. The van der Waals surface area contributed by atoms with Crippen molar-refractivity contribution >= 4 is 33.5 Å². The van der Waals surface area contributed by atoms with E-state index in [2.05, 4.69) is 20.8 Å².